The molecule has 0 aliphatic carbocycles. The monoisotopic (exact) mass is 462 g/mol. The number of hydrogen-bond acceptors (Lipinski definition) is 8. The summed E-state index contributed by atoms with van der Waals surface area (Å²) < 4.78 is 24.8. The average Bonchev–Trinajstić information content (AvgIpc) is 3.23. The fourth-order valence-electron chi connectivity index (χ4n) is 3.11. The van der Waals surface area contributed by atoms with E-state index in [4.69, 9.17) is 9.26 Å². The van der Waals surface area contributed by atoms with Crippen LogP contribution in [0.15, 0.2) is 65.8 Å². The van der Waals surface area contributed by atoms with Gasteiger partial charge in [-0.15, -0.1) is 0 Å². The number of ether oxygens (including phenoxy) is 1. The van der Waals surface area contributed by atoms with E-state index in [0.29, 0.717) is 46.1 Å². The van der Waals surface area contributed by atoms with Crippen molar-refractivity contribution in [2.24, 2.45) is 0 Å². The van der Waals surface area contributed by atoms with Gasteiger partial charge >= 0.3 is 0 Å². The lowest BCUT2D eigenvalue weighted by molar-refractivity contribution is -0.111. The minimum atomic E-state index is -0.386. The number of aromatic nitrogens is 3. The molecule has 0 atom stereocenters. The molecule has 0 radical (unpaired) electrons. The molecular formula is C24H23FN6O3. The van der Waals surface area contributed by atoms with Crippen LogP contribution in [0, 0.1) is 5.82 Å². The zero-order valence-electron chi connectivity index (χ0n) is 18.7. The lowest BCUT2D eigenvalue weighted by Crippen LogP contribution is -2.20. The third-order valence-corrected chi connectivity index (χ3v) is 4.79. The van der Waals surface area contributed by atoms with Crippen molar-refractivity contribution in [3.63, 3.8) is 0 Å². The molecule has 0 aliphatic rings. The lowest BCUT2D eigenvalue weighted by Gasteiger charge is -2.15. The summed E-state index contributed by atoms with van der Waals surface area (Å²) in [5.41, 5.74) is 2.84. The van der Waals surface area contributed by atoms with Crippen LogP contribution in [-0.4, -0.2) is 53.2 Å². The standard InChI is InChI=1S/C24H23FN6O3/c1-4-21(32)28-18-13-17(8-9-19(18)33-11-10-31(2)3)27-24-26-14-20-23(29-24)22(30-34-20)15-6-5-7-16(25)12-15/h4-9,12-14H,1,10-11H2,2-3H3,(H,28,32)(H,26,27,29). The van der Waals surface area contributed by atoms with Crippen LogP contribution in [0.5, 0.6) is 5.75 Å². The first kappa shape index (κ1) is 22.9. The number of carbonyl (C=O) groups excluding carboxylic acids is 1. The number of carbonyl (C=O) groups is 1. The molecule has 4 aromatic rings. The summed E-state index contributed by atoms with van der Waals surface area (Å²) in [5.74, 6) is 0.0431. The van der Waals surface area contributed by atoms with Gasteiger partial charge in [0.15, 0.2) is 0 Å². The highest BCUT2D eigenvalue weighted by Crippen LogP contribution is 2.31. The van der Waals surface area contributed by atoms with E-state index in [1.807, 2.05) is 19.0 Å². The number of hydrogen-bond donors (Lipinski definition) is 2. The van der Waals surface area contributed by atoms with E-state index in [1.54, 1.807) is 30.3 Å². The summed E-state index contributed by atoms with van der Waals surface area (Å²) in [6.45, 7) is 4.66. The van der Waals surface area contributed by atoms with Crippen LogP contribution in [-0.2, 0) is 4.79 Å². The third-order valence-electron chi connectivity index (χ3n) is 4.79. The Balaban J connectivity index is 1.61. The Hall–Kier alpha value is -4.31. The molecule has 0 saturated carbocycles. The van der Waals surface area contributed by atoms with Crippen molar-refractivity contribution in [1.82, 2.24) is 20.0 Å². The van der Waals surface area contributed by atoms with Crippen molar-refractivity contribution in [3.8, 4) is 17.0 Å². The highest BCUT2D eigenvalue weighted by atomic mass is 19.1. The van der Waals surface area contributed by atoms with Crippen LogP contribution in [0.4, 0.5) is 21.7 Å². The summed E-state index contributed by atoms with van der Waals surface area (Å²) in [4.78, 5) is 22.7. The predicted octanol–water partition coefficient (Wildman–Crippen LogP) is 4.23. The normalized spacial score (nSPS) is 10.9. The van der Waals surface area contributed by atoms with E-state index in [1.165, 1.54) is 24.4 Å². The van der Waals surface area contributed by atoms with Crippen molar-refractivity contribution in [3.05, 3.63) is 67.1 Å². The molecule has 0 spiro atoms. The second-order valence-corrected chi connectivity index (χ2v) is 7.63. The Morgan fingerprint density at radius 2 is 2.12 bits per heavy atom. The fourth-order valence-corrected chi connectivity index (χ4v) is 3.11. The molecule has 0 fully saturated rings. The van der Waals surface area contributed by atoms with Gasteiger partial charge in [-0.3, -0.25) is 4.79 Å². The number of fused-ring (bicyclic) bond motifs is 1. The van der Waals surface area contributed by atoms with Gasteiger partial charge < -0.3 is 24.8 Å². The molecule has 2 heterocycles. The maximum Gasteiger partial charge on any atom is 0.247 e. The molecule has 1 amide bonds. The maximum atomic E-state index is 13.7. The second-order valence-electron chi connectivity index (χ2n) is 7.63. The molecule has 2 aromatic carbocycles. The van der Waals surface area contributed by atoms with Crippen molar-refractivity contribution < 1.29 is 18.4 Å². The molecule has 0 saturated heterocycles. The molecule has 0 aliphatic heterocycles. The first-order chi connectivity index (χ1) is 16.4. The van der Waals surface area contributed by atoms with E-state index in [2.05, 4.69) is 32.3 Å². The Labute approximate surface area is 195 Å². The van der Waals surface area contributed by atoms with Crippen LogP contribution in [0.1, 0.15) is 0 Å². The Bertz CT molecular complexity index is 1340. The Morgan fingerprint density at radius 3 is 2.88 bits per heavy atom. The van der Waals surface area contributed by atoms with Crippen LogP contribution in [0.3, 0.4) is 0 Å². The Morgan fingerprint density at radius 1 is 1.26 bits per heavy atom. The summed E-state index contributed by atoms with van der Waals surface area (Å²) in [5, 5.41) is 9.87. The van der Waals surface area contributed by atoms with Crippen LogP contribution in [0.2, 0.25) is 0 Å². The molecule has 9 nitrogen and oxygen atoms in total. The van der Waals surface area contributed by atoms with Crippen LogP contribution < -0.4 is 15.4 Å². The average molecular weight is 462 g/mol. The quantitative estimate of drug-likeness (QED) is 0.356. The van der Waals surface area contributed by atoms with E-state index in [0.717, 1.165) is 6.54 Å². The molecule has 2 aromatic heterocycles. The third kappa shape index (κ3) is 5.36. The summed E-state index contributed by atoms with van der Waals surface area (Å²) in [6.07, 6.45) is 2.67. The minimum absolute atomic E-state index is 0.274. The first-order valence-electron chi connectivity index (χ1n) is 10.4. The van der Waals surface area contributed by atoms with Gasteiger partial charge in [0, 0.05) is 17.8 Å². The first-order valence-corrected chi connectivity index (χ1v) is 10.4. The number of nitrogens with zero attached hydrogens (tertiary/aromatic N) is 4. The van der Waals surface area contributed by atoms with Crippen molar-refractivity contribution in [2.45, 2.75) is 0 Å². The van der Waals surface area contributed by atoms with Gasteiger partial charge in [-0.2, -0.15) is 0 Å². The number of halogens is 1. The largest absolute Gasteiger partial charge is 0.490 e. The zero-order chi connectivity index (χ0) is 24.1. The number of amides is 1. The van der Waals surface area contributed by atoms with Crippen molar-refractivity contribution in [1.29, 1.82) is 0 Å². The number of rotatable bonds is 9. The van der Waals surface area contributed by atoms with E-state index >= 15 is 0 Å². The summed E-state index contributed by atoms with van der Waals surface area (Å²) in [7, 11) is 3.89. The molecule has 2 N–H and O–H groups in total. The van der Waals surface area contributed by atoms with Crippen molar-refractivity contribution >= 4 is 34.3 Å². The van der Waals surface area contributed by atoms with Gasteiger partial charge in [0.1, 0.15) is 29.4 Å². The van der Waals surface area contributed by atoms with Gasteiger partial charge in [0.05, 0.1) is 11.9 Å². The molecule has 174 valence electrons. The molecule has 4 rings (SSSR count). The molecule has 34 heavy (non-hydrogen) atoms. The number of nitrogens with one attached hydrogen (secondary N) is 2. The van der Waals surface area contributed by atoms with Gasteiger partial charge in [-0.25, -0.2) is 14.4 Å². The van der Waals surface area contributed by atoms with Crippen molar-refractivity contribution in [2.75, 3.05) is 37.9 Å². The number of anilines is 3. The zero-order valence-corrected chi connectivity index (χ0v) is 18.7. The smallest absolute Gasteiger partial charge is 0.247 e. The summed E-state index contributed by atoms with van der Waals surface area (Å²) in [6, 6.07) is 11.3. The van der Waals surface area contributed by atoms with Crippen LogP contribution >= 0.6 is 0 Å². The van der Waals surface area contributed by atoms with Gasteiger partial charge in [-0.1, -0.05) is 23.9 Å². The maximum absolute atomic E-state index is 13.7. The minimum Gasteiger partial charge on any atom is -0.490 e. The fraction of sp³-hybridized carbons (Fsp3) is 0.167. The topological polar surface area (TPSA) is 105 Å². The number of likely N-dealkylation sites (N-methyl/N-ethyl adjacent to an activating group) is 1. The Kier molecular flexibility index (Phi) is 6.79. The van der Waals surface area contributed by atoms with E-state index in [9.17, 15) is 9.18 Å². The molecule has 0 unspecified atom stereocenters. The van der Waals surface area contributed by atoms with Gasteiger partial charge in [0.2, 0.25) is 17.4 Å². The van der Waals surface area contributed by atoms with E-state index in [-0.39, 0.29) is 17.7 Å². The van der Waals surface area contributed by atoms with E-state index < -0.39 is 0 Å². The number of benzene rings is 2. The van der Waals surface area contributed by atoms with Gasteiger partial charge in [0.25, 0.3) is 0 Å². The summed E-state index contributed by atoms with van der Waals surface area (Å²) >= 11 is 0. The molecule has 10 heteroatoms. The molecule has 0 bridgehead atoms. The SMILES string of the molecule is C=CC(=O)Nc1cc(Nc2ncc3onc(-c4cccc(F)c4)c3n2)ccc1OCCN(C)C. The molecular weight excluding hydrogens is 439 g/mol. The van der Waals surface area contributed by atoms with Crippen LogP contribution in [0.25, 0.3) is 22.4 Å². The lowest BCUT2D eigenvalue weighted by atomic mass is 10.1. The predicted molar refractivity (Wildman–Crippen MR) is 128 cm³/mol. The second kappa shape index (κ2) is 10.1. The highest BCUT2D eigenvalue weighted by molar-refractivity contribution is 6.00. The highest BCUT2D eigenvalue weighted by Gasteiger charge is 2.15. The van der Waals surface area contributed by atoms with Gasteiger partial charge in [-0.05, 0) is 50.5 Å².